The molecule has 4 aliphatic rings. The lowest BCUT2D eigenvalue weighted by Gasteiger charge is -2.58. The number of carbonyl (C=O) groups excluding carboxylic acids is 1. The molecule has 10 rings (SSSR count). The van der Waals surface area contributed by atoms with E-state index in [1.54, 1.807) is 25.4 Å². The second-order valence-corrected chi connectivity index (χ2v) is 22.2. The number of benzene rings is 3. The van der Waals surface area contributed by atoms with Gasteiger partial charge in [0.2, 0.25) is 5.88 Å². The van der Waals surface area contributed by atoms with Gasteiger partial charge in [-0.05, 0) is 84.0 Å². The molecule has 1 atom stereocenters. The van der Waals surface area contributed by atoms with Gasteiger partial charge in [-0.2, -0.15) is 0 Å². The minimum atomic E-state index is -4.79. The standard InChI is InChI=1S/C54H61F2N9O8S/c1-35(2)41-6-4-5-7-42(41)48-33-62(32-36-8-11-50(71-3)58-30-36)20-21-64(48)38-28-53(29-38)13-18-63(19-14-53)46-27-49(73-39-24-37-12-17-57-51(37)59-31-39)43(26-44(46)55)52(66)61-74(69,70)40-9-10-45(47(25-40)65(67)68)60-34-54(56)15-22-72-23-16-54/h4-12,17,24-27,30-31,35,38,48,60H,13-16,18-23,28-29,32-34H2,1-3H3,(H,57,59)(H,61,66)/t48-/m0/s1. The van der Waals surface area contributed by atoms with Gasteiger partial charge in [-0.3, -0.25) is 24.7 Å². The molecule has 6 heterocycles. The number of methoxy groups -OCH3 is 1. The monoisotopic (exact) mass is 1030 g/mol. The van der Waals surface area contributed by atoms with Crippen LogP contribution < -0.4 is 24.4 Å². The molecule has 20 heteroatoms. The second-order valence-electron chi connectivity index (χ2n) is 20.5. The van der Waals surface area contributed by atoms with Gasteiger partial charge in [0.1, 0.15) is 34.3 Å². The third-order valence-corrected chi connectivity index (χ3v) is 16.8. The number of fused-ring (bicyclic) bond motifs is 1. The van der Waals surface area contributed by atoms with E-state index in [4.69, 9.17) is 14.2 Å². The summed E-state index contributed by atoms with van der Waals surface area (Å²) in [4.78, 5) is 43.8. The highest BCUT2D eigenvalue weighted by Gasteiger charge is 2.50. The molecule has 1 amide bonds. The Kier molecular flexibility index (Phi) is 14.3. The molecule has 3 aromatic carbocycles. The van der Waals surface area contributed by atoms with Crippen LogP contribution in [0.5, 0.6) is 17.4 Å². The first kappa shape index (κ1) is 50.8. The number of ether oxygens (including phenoxy) is 3. The lowest BCUT2D eigenvalue weighted by atomic mass is 9.59. The Hall–Kier alpha value is -6.74. The van der Waals surface area contributed by atoms with Gasteiger partial charge in [-0.15, -0.1) is 0 Å². The van der Waals surface area contributed by atoms with Crippen molar-refractivity contribution in [3.8, 4) is 17.4 Å². The molecule has 3 aliphatic heterocycles. The summed E-state index contributed by atoms with van der Waals surface area (Å²) in [6, 6.07) is 22.2. The number of anilines is 2. The number of carbonyl (C=O) groups is 1. The van der Waals surface area contributed by atoms with Crippen LogP contribution in [-0.4, -0.2) is 115 Å². The van der Waals surface area contributed by atoms with Crippen LogP contribution >= 0.6 is 0 Å². The number of nitrogens with one attached hydrogen (secondary N) is 3. The predicted octanol–water partition coefficient (Wildman–Crippen LogP) is 9.29. The van der Waals surface area contributed by atoms with Gasteiger partial charge in [0.15, 0.2) is 0 Å². The van der Waals surface area contributed by atoms with Crippen molar-refractivity contribution < 1.29 is 41.1 Å². The number of amides is 1. The number of nitro benzene ring substituents is 1. The van der Waals surface area contributed by atoms with Gasteiger partial charge in [-0.1, -0.05) is 44.2 Å². The number of hydrogen-bond acceptors (Lipinski definition) is 14. The highest BCUT2D eigenvalue weighted by atomic mass is 32.2. The number of nitro groups is 1. The average molecular weight is 1030 g/mol. The number of aromatic amines is 1. The molecule has 3 N–H and O–H groups in total. The van der Waals surface area contributed by atoms with E-state index < -0.39 is 48.5 Å². The number of pyridine rings is 2. The quantitative estimate of drug-likeness (QED) is 0.0612. The van der Waals surface area contributed by atoms with E-state index in [9.17, 15) is 23.3 Å². The summed E-state index contributed by atoms with van der Waals surface area (Å²) in [7, 11) is -3.17. The number of piperazine rings is 1. The number of aromatic nitrogens is 3. The molecule has 74 heavy (non-hydrogen) atoms. The van der Waals surface area contributed by atoms with Crippen LogP contribution in [0.4, 0.5) is 25.8 Å². The largest absolute Gasteiger partial charge is 0.481 e. The molecule has 0 bridgehead atoms. The molecule has 4 fully saturated rings. The Morgan fingerprint density at radius 1 is 0.973 bits per heavy atom. The van der Waals surface area contributed by atoms with Crippen LogP contribution in [-0.2, 0) is 21.3 Å². The number of piperidine rings is 1. The minimum Gasteiger partial charge on any atom is -0.481 e. The molecule has 1 saturated carbocycles. The van der Waals surface area contributed by atoms with Crippen molar-refractivity contribution in [2.24, 2.45) is 5.41 Å². The lowest BCUT2D eigenvalue weighted by Crippen LogP contribution is -2.60. The third kappa shape index (κ3) is 10.8. The van der Waals surface area contributed by atoms with Crippen molar-refractivity contribution >= 4 is 44.0 Å². The van der Waals surface area contributed by atoms with Crippen molar-refractivity contribution in [1.82, 2.24) is 29.5 Å². The normalized spacial score (nSPS) is 19.3. The van der Waals surface area contributed by atoms with Gasteiger partial charge < -0.3 is 29.4 Å². The van der Waals surface area contributed by atoms with Crippen LogP contribution in [0, 0.1) is 21.3 Å². The number of sulfonamides is 1. The first-order valence-corrected chi connectivity index (χ1v) is 26.7. The molecular formula is C54H61F2N9O8S. The van der Waals surface area contributed by atoms with Crippen LogP contribution in [0.25, 0.3) is 11.0 Å². The number of rotatable bonds is 16. The fourth-order valence-electron chi connectivity index (χ4n) is 11.3. The SMILES string of the molecule is COc1ccc(CN2CCN(C3CC4(CCN(c5cc(Oc6cnc7[nH]ccc7c6)c(C(=O)NS(=O)(=O)c6ccc(NCC7(F)CCOCC7)c([N+](=O)[O-])c6)cc5F)CC4)C3)[C@H](c3ccccc3C(C)C)C2)cn1. The molecule has 1 spiro atoms. The zero-order valence-corrected chi connectivity index (χ0v) is 42.5. The molecular weight excluding hydrogens is 973 g/mol. The van der Waals surface area contributed by atoms with Crippen molar-refractivity contribution in [2.45, 2.75) is 87.5 Å². The molecule has 390 valence electrons. The summed E-state index contributed by atoms with van der Waals surface area (Å²) in [6.45, 7) is 9.29. The molecule has 3 aromatic heterocycles. The van der Waals surface area contributed by atoms with Gasteiger partial charge in [-0.25, -0.2) is 31.9 Å². The summed E-state index contributed by atoms with van der Waals surface area (Å²) in [5, 5.41) is 15.6. The first-order valence-electron chi connectivity index (χ1n) is 25.2. The Morgan fingerprint density at radius 2 is 1.76 bits per heavy atom. The Labute approximate surface area is 428 Å². The molecule has 17 nitrogen and oxygen atoms in total. The maximum Gasteiger partial charge on any atom is 0.293 e. The minimum absolute atomic E-state index is 0.0837. The highest BCUT2D eigenvalue weighted by Crippen LogP contribution is 2.54. The predicted molar refractivity (Wildman–Crippen MR) is 276 cm³/mol. The van der Waals surface area contributed by atoms with E-state index >= 15 is 8.78 Å². The number of nitrogens with zero attached hydrogens (tertiary/aromatic N) is 6. The third-order valence-electron chi connectivity index (χ3n) is 15.5. The lowest BCUT2D eigenvalue weighted by molar-refractivity contribution is -0.384. The maximum absolute atomic E-state index is 16.6. The van der Waals surface area contributed by atoms with Gasteiger partial charge in [0, 0.05) is 120 Å². The summed E-state index contributed by atoms with van der Waals surface area (Å²) in [5.74, 6) is -0.922. The Balaban J connectivity index is 0.851. The summed E-state index contributed by atoms with van der Waals surface area (Å²) < 4.78 is 78.2. The van der Waals surface area contributed by atoms with Crippen molar-refractivity contribution in [2.75, 3.05) is 69.8 Å². The van der Waals surface area contributed by atoms with Crippen LogP contribution in [0.15, 0.2) is 102 Å². The maximum atomic E-state index is 16.6. The van der Waals surface area contributed by atoms with E-state index in [1.807, 2.05) is 21.9 Å². The molecule has 6 aromatic rings. The van der Waals surface area contributed by atoms with Crippen LogP contribution in [0.2, 0.25) is 0 Å². The van der Waals surface area contributed by atoms with Gasteiger partial charge in [0.05, 0.1) is 34.4 Å². The smallest absolute Gasteiger partial charge is 0.293 e. The van der Waals surface area contributed by atoms with Gasteiger partial charge in [0.25, 0.3) is 21.6 Å². The first-order chi connectivity index (χ1) is 35.6. The van der Waals surface area contributed by atoms with E-state index in [1.165, 1.54) is 23.4 Å². The van der Waals surface area contributed by atoms with E-state index in [2.05, 4.69) is 74.2 Å². The fraction of sp³-hybridized carbons (Fsp3) is 0.426. The Bertz CT molecular complexity index is 3140. The number of alkyl halides is 1. The van der Waals surface area contributed by atoms with Crippen LogP contribution in [0.1, 0.15) is 91.4 Å². The Morgan fingerprint density at radius 3 is 2.49 bits per heavy atom. The molecule has 0 radical (unpaired) electrons. The second kappa shape index (κ2) is 20.9. The summed E-state index contributed by atoms with van der Waals surface area (Å²) in [6.07, 6.45) is 8.93. The summed E-state index contributed by atoms with van der Waals surface area (Å²) >= 11 is 0. The highest BCUT2D eigenvalue weighted by molar-refractivity contribution is 7.90. The van der Waals surface area contributed by atoms with E-state index in [0.29, 0.717) is 42.0 Å². The molecule has 1 aliphatic carbocycles. The average Bonchev–Trinajstić information content (AvgIpc) is 3.86. The van der Waals surface area contributed by atoms with E-state index in [0.717, 1.165) is 81.7 Å². The zero-order chi connectivity index (χ0) is 51.8. The van der Waals surface area contributed by atoms with Crippen molar-refractivity contribution in [3.05, 3.63) is 136 Å². The number of hydrogen-bond donors (Lipinski definition) is 3. The summed E-state index contributed by atoms with van der Waals surface area (Å²) in [5.41, 5.74) is 1.91. The van der Waals surface area contributed by atoms with Crippen molar-refractivity contribution in [1.29, 1.82) is 0 Å². The van der Waals surface area contributed by atoms with Gasteiger partial charge >= 0.3 is 0 Å². The van der Waals surface area contributed by atoms with Crippen LogP contribution in [0.3, 0.4) is 0 Å². The topological polar surface area (TPSA) is 197 Å². The fourth-order valence-corrected chi connectivity index (χ4v) is 12.3. The molecule has 3 saturated heterocycles. The number of halogens is 2. The molecule has 0 unspecified atom stereocenters. The zero-order valence-electron chi connectivity index (χ0n) is 41.7. The van der Waals surface area contributed by atoms with E-state index in [-0.39, 0.29) is 66.9 Å². The number of H-pyrrole nitrogens is 1. The van der Waals surface area contributed by atoms with Crippen molar-refractivity contribution in [3.63, 3.8) is 0 Å².